The van der Waals surface area contributed by atoms with Gasteiger partial charge in [0.05, 0.1) is 12.8 Å². The first-order valence-corrected chi connectivity index (χ1v) is 8.15. The molecule has 0 saturated carbocycles. The lowest BCUT2D eigenvalue weighted by Gasteiger charge is -2.10. The highest BCUT2D eigenvalue weighted by Crippen LogP contribution is 2.14. The van der Waals surface area contributed by atoms with Crippen molar-refractivity contribution in [2.45, 2.75) is 13.0 Å². The summed E-state index contributed by atoms with van der Waals surface area (Å²) in [6.45, 7) is 1.47. The summed E-state index contributed by atoms with van der Waals surface area (Å²) < 4.78 is 5.27. The number of H-pyrrole nitrogens is 1. The standard InChI is InChI=1S/C15H18N6OS/c1-16-15(18-10-11-4-3-9-23-11)17-7-6-13-19-14(21-20-13)12-5-2-8-22-12/h2-5,8-9H,6-7,10H2,1H3,(H2,16,17,18)(H,19,20,21). The van der Waals surface area contributed by atoms with Crippen molar-refractivity contribution in [2.24, 2.45) is 4.99 Å². The van der Waals surface area contributed by atoms with Crippen LogP contribution in [0.4, 0.5) is 0 Å². The summed E-state index contributed by atoms with van der Waals surface area (Å²) in [5, 5.41) is 15.7. The van der Waals surface area contributed by atoms with E-state index in [-0.39, 0.29) is 0 Å². The Morgan fingerprint density at radius 2 is 2.30 bits per heavy atom. The molecule has 0 spiro atoms. The fourth-order valence-corrected chi connectivity index (χ4v) is 2.67. The Balaban J connectivity index is 1.45. The maximum Gasteiger partial charge on any atom is 0.216 e. The topological polar surface area (TPSA) is 91.1 Å². The van der Waals surface area contributed by atoms with Gasteiger partial charge in [0.1, 0.15) is 5.82 Å². The van der Waals surface area contributed by atoms with Crippen molar-refractivity contribution in [1.82, 2.24) is 25.8 Å². The third-order valence-corrected chi connectivity index (χ3v) is 4.04. The van der Waals surface area contributed by atoms with Crippen LogP contribution in [0, 0.1) is 0 Å². The average Bonchev–Trinajstić information content (AvgIpc) is 3.32. The number of hydrogen-bond donors (Lipinski definition) is 3. The second kappa shape index (κ2) is 7.59. The molecule has 0 radical (unpaired) electrons. The molecule has 0 aliphatic carbocycles. The van der Waals surface area contributed by atoms with Crippen LogP contribution in [0.3, 0.4) is 0 Å². The molecule has 0 saturated heterocycles. The van der Waals surface area contributed by atoms with Crippen LogP contribution in [0.5, 0.6) is 0 Å². The maximum atomic E-state index is 5.27. The summed E-state index contributed by atoms with van der Waals surface area (Å²) in [4.78, 5) is 9.88. The number of nitrogens with one attached hydrogen (secondary N) is 3. The lowest BCUT2D eigenvalue weighted by molar-refractivity contribution is 0.577. The third-order valence-electron chi connectivity index (χ3n) is 3.16. The summed E-state index contributed by atoms with van der Waals surface area (Å²) in [5.74, 6) is 2.81. The van der Waals surface area contributed by atoms with Gasteiger partial charge in [0.2, 0.25) is 5.82 Å². The van der Waals surface area contributed by atoms with Gasteiger partial charge in [0.15, 0.2) is 11.7 Å². The first kappa shape index (κ1) is 15.3. The third kappa shape index (κ3) is 4.19. The molecule has 3 heterocycles. The normalized spacial score (nSPS) is 11.6. The van der Waals surface area contributed by atoms with Crippen molar-refractivity contribution in [3.05, 3.63) is 46.6 Å². The molecule has 3 aromatic heterocycles. The molecule has 0 aromatic carbocycles. The zero-order valence-corrected chi connectivity index (χ0v) is 13.6. The highest BCUT2D eigenvalue weighted by Gasteiger charge is 2.08. The summed E-state index contributed by atoms with van der Waals surface area (Å²) in [7, 11) is 1.76. The summed E-state index contributed by atoms with van der Waals surface area (Å²) >= 11 is 1.72. The molecule has 3 N–H and O–H groups in total. The molecular formula is C15H18N6OS. The lowest BCUT2D eigenvalue weighted by atomic mass is 10.4. The summed E-state index contributed by atoms with van der Waals surface area (Å²) in [5.41, 5.74) is 0. The monoisotopic (exact) mass is 330 g/mol. The smallest absolute Gasteiger partial charge is 0.216 e. The Morgan fingerprint density at radius 3 is 3.04 bits per heavy atom. The van der Waals surface area contributed by atoms with Gasteiger partial charge < -0.3 is 15.1 Å². The van der Waals surface area contributed by atoms with Gasteiger partial charge in [-0.05, 0) is 23.6 Å². The Morgan fingerprint density at radius 1 is 1.35 bits per heavy atom. The number of hydrogen-bond acceptors (Lipinski definition) is 5. The van der Waals surface area contributed by atoms with Crippen molar-refractivity contribution in [1.29, 1.82) is 0 Å². The number of nitrogens with zero attached hydrogens (tertiary/aromatic N) is 3. The van der Waals surface area contributed by atoms with Gasteiger partial charge >= 0.3 is 0 Å². The van der Waals surface area contributed by atoms with Gasteiger partial charge in [-0.15, -0.1) is 11.3 Å². The van der Waals surface area contributed by atoms with Crippen LogP contribution < -0.4 is 10.6 Å². The number of rotatable bonds is 6. The maximum absolute atomic E-state index is 5.27. The van der Waals surface area contributed by atoms with Crippen LogP contribution in [0.1, 0.15) is 10.7 Å². The van der Waals surface area contributed by atoms with Gasteiger partial charge in [-0.3, -0.25) is 10.1 Å². The number of aliphatic imine (C=N–C) groups is 1. The number of guanidine groups is 1. The molecule has 8 heteroatoms. The van der Waals surface area contributed by atoms with E-state index < -0.39 is 0 Å². The molecule has 0 atom stereocenters. The van der Waals surface area contributed by atoms with Crippen LogP contribution in [0.15, 0.2) is 45.3 Å². The minimum atomic E-state index is 0.574. The molecule has 0 fully saturated rings. The quantitative estimate of drug-likeness (QED) is 0.475. The predicted molar refractivity (Wildman–Crippen MR) is 90.3 cm³/mol. The van der Waals surface area contributed by atoms with E-state index in [1.165, 1.54) is 4.88 Å². The molecule has 0 unspecified atom stereocenters. The Labute approximate surface area is 137 Å². The minimum Gasteiger partial charge on any atom is -0.461 e. The summed E-state index contributed by atoms with van der Waals surface area (Å²) in [6, 6.07) is 7.78. The van der Waals surface area contributed by atoms with Gasteiger partial charge in [-0.1, -0.05) is 6.07 Å². The molecule has 0 aliphatic rings. The number of thiophene rings is 1. The van der Waals surface area contributed by atoms with E-state index >= 15 is 0 Å². The molecule has 7 nitrogen and oxygen atoms in total. The predicted octanol–water partition coefficient (Wildman–Crippen LogP) is 2.03. The molecule has 3 aromatic rings. The van der Waals surface area contributed by atoms with Crippen molar-refractivity contribution in [3.8, 4) is 11.6 Å². The first-order valence-electron chi connectivity index (χ1n) is 7.27. The van der Waals surface area contributed by atoms with Gasteiger partial charge in [0.25, 0.3) is 0 Å². The van der Waals surface area contributed by atoms with Gasteiger partial charge in [-0.2, -0.15) is 5.10 Å². The lowest BCUT2D eigenvalue weighted by Crippen LogP contribution is -2.37. The zero-order valence-electron chi connectivity index (χ0n) is 12.7. The van der Waals surface area contributed by atoms with E-state index in [9.17, 15) is 0 Å². The second-order valence-electron chi connectivity index (χ2n) is 4.76. The molecular weight excluding hydrogens is 312 g/mol. The largest absolute Gasteiger partial charge is 0.461 e. The van der Waals surface area contributed by atoms with Crippen molar-refractivity contribution in [3.63, 3.8) is 0 Å². The van der Waals surface area contributed by atoms with E-state index in [2.05, 4.69) is 42.3 Å². The van der Waals surface area contributed by atoms with Gasteiger partial charge in [-0.25, -0.2) is 4.98 Å². The van der Waals surface area contributed by atoms with Crippen molar-refractivity contribution >= 4 is 17.3 Å². The molecule has 0 aliphatic heterocycles. The van der Waals surface area contributed by atoms with E-state index in [1.54, 1.807) is 24.6 Å². The zero-order chi connectivity index (χ0) is 15.9. The fourth-order valence-electron chi connectivity index (χ4n) is 2.03. The van der Waals surface area contributed by atoms with E-state index in [0.29, 0.717) is 24.6 Å². The number of furan rings is 1. The van der Waals surface area contributed by atoms with E-state index in [1.807, 2.05) is 18.2 Å². The van der Waals surface area contributed by atoms with Crippen LogP contribution in [0.2, 0.25) is 0 Å². The van der Waals surface area contributed by atoms with Gasteiger partial charge in [0, 0.05) is 24.9 Å². The Kier molecular flexibility index (Phi) is 5.05. The average molecular weight is 330 g/mol. The Hall–Kier alpha value is -2.61. The molecule has 0 amide bonds. The molecule has 120 valence electrons. The Bertz CT molecular complexity index is 732. The highest BCUT2D eigenvalue weighted by molar-refractivity contribution is 7.09. The SMILES string of the molecule is CN=C(NCCc1nc(-c2ccco2)n[nH]1)NCc1cccs1. The van der Waals surface area contributed by atoms with Crippen LogP contribution in [-0.2, 0) is 13.0 Å². The van der Waals surface area contributed by atoms with Crippen molar-refractivity contribution < 1.29 is 4.42 Å². The minimum absolute atomic E-state index is 0.574. The van der Waals surface area contributed by atoms with E-state index in [0.717, 1.165) is 18.3 Å². The molecule has 23 heavy (non-hydrogen) atoms. The fraction of sp³-hybridized carbons (Fsp3) is 0.267. The molecule has 0 bridgehead atoms. The number of aromatic amines is 1. The van der Waals surface area contributed by atoms with Crippen LogP contribution >= 0.6 is 11.3 Å². The molecule has 3 rings (SSSR count). The first-order chi connectivity index (χ1) is 11.3. The van der Waals surface area contributed by atoms with Crippen LogP contribution in [0.25, 0.3) is 11.6 Å². The van der Waals surface area contributed by atoms with Crippen molar-refractivity contribution in [2.75, 3.05) is 13.6 Å². The van der Waals surface area contributed by atoms with Crippen LogP contribution in [-0.4, -0.2) is 34.7 Å². The van der Waals surface area contributed by atoms with E-state index in [4.69, 9.17) is 4.42 Å². The second-order valence-corrected chi connectivity index (χ2v) is 5.80. The summed E-state index contributed by atoms with van der Waals surface area (Å²) in [6.07, 6.45) is 2.32. The number of aromatic nitrogens is 3. The highest BCUT2D eigenvalue weighted by atomic mass is 32.1.